The predicted molar refractivity (Wildman–Crippen MR) is 102 cm³/mol. The molecular weight excluding hydrogens is 326 g/mol. The van der Waals surface area contributed by atoms with E-state index in [1.807, 2.05) is 13.0 Å². The van der Waals surface area contributed by atoms with Gasteiger partial charge in [-0.05, 0) is 43.7 Å². The van der Waals surface area contributed by atoms with Gasteiger partial charge in [0.15, 0.2) is 0 Å². The van der Waals surface area contributed by atoms with E-state index in [-0.39, 0.29) is 5.91 Å². The molecule has 2 heterocycles. The second-order valence-corrected chi connectivity index (χ2v) is 7.28. The number of thioether (sulfide) groups is 1. The number of nitrogens with one attached hydrogen (secondary N) is 1. The summed E-state index contributed by atoms with van der Waals surface area (Å²) in [5.74, 6) is 0.0187. The molecule has 0 radical (unpaired) electrons. The van der Waals surface area contributed by atoms with E-state index >= 15 is 0 Å². The molecule has 4 nitrogen and oxygen atoms in total. The van der Waals surface area contributed by atoms with Gasteiger partial charge in [-0.25, -0.2) is 0 Å². The van der Waals surface area contributed by atoms with Crippen molar-refractivity contribution in [1.82, 2.24) is 10.2 Å². The lowest BCUT2D eigenvalue weighted by Crippen LogP contribution is -2.27. The number of thiocarbonyl (C=S) groups is 1. The third kappa shape index (κ3) is 3.76. The minimum absolute atomic E-state index is 0.0187. The average Bonchev–Trinajstić information content (AvgIpc) is 2.76. The zero-order valence-corrected chi connectivity index (χ0v) is 14.9. The largest absolute Gasteiger partial charge is 0.370 e. The fourth-order valence-electron chi connectivity index (χ4n) is 2.81. The van der Waals surface area contributed by atoms with Crippen LogP contribution in [0.25, 0.3) is 6.08 Å². The van der Waals surface area contributed by atoms with Crippen LogP contribution in [0.5, 0.6) is 0 Å². The molecule has 23 heavy (non-hydrogen) atoms. The first-order chi connectivity index (χ1) is 11.2. The molecule has 6 heteroatoms. The Morgan fingerprint density at radius 3 is 2.74 bits per heavy atom. The van der Waals surface area contributed by atoms with Crippen molar-refractivity contribution in [3.8, 4) is 0 Å². The van der Waals surface area contributed by atoms with Crippen LogP contribution < -0.4 is 10.2 Å². The lowest BCUT2D eigenvalue weighted by atomic mass is 10.1. The van der Waals surface area contributed by atoms with Crippen molar-refractivity contribution < 1.29 is 4.79 Å². The van der Waals surface area contributed by atoms with Crippen LogP contribution in [0.3, 0.4) is 0 Å². The number of amides is 1. The molecular formula is C17H21N3OS2. The number of hydrogen-bond donors (Lipinski definition) is 1. The van der Waals surface area contributed by atoms with Crippen LogP contribution in [0.4, 0.5) is 5.69 Å². The molecule has 0 unspecified atom stereocenters. The number of benzene rings is 1. The van der Waals surface area contributed by atoms with Crippen LogP contribution in [0.1, 0.15) is 18.9 Å². The molecule has 0 aromatic heterocycles. The summed E-state index contributed by atoms with van der Waals surface area (Å²) < 4.78 is 0.650. The molecule has 0 atom stereocenters. The van der Waals surface area contributed by atoms with E-state index in [2.05, 4.69) is 34.5 Å². The summed E-state index contributed by atoms with van der Waals surface area (Å²) in [6, 6.07) is 8.42. The number of carbonyl (C=O) groups is 1. The Balaban J connectivity index is 1.73. The van der Waals surface area contributed by atoms with Crippen LogP contribution in [0, 0.1) is 0 Å². The summed E-state index contributed by atoms with van der Waals surface area (Å²) in [5, 5.41) is 3.42. The molecule has 1 aromatic rings. The third-order valence-electron chi connectivity index (χ3n) is 4.09. The highest BCUT2D eigenvalue weighted by Crippen LogP contribution is 2.32. The highest BCUT2D eigenvalue weighted by Gasteiger charge is 2.30. The van der Waals surface area contributed by atoms with Gasteiger partial charge in [-0.1, -0.05) is 36.1 Å². The zero-order chi connectivity index (χ0) is 16.2. The van der Waals surface area contributed by atoms with Crippen LogP contribution in [-0.4, -0.2) is 47.9 Å². The first-order valence-corrected chi connectivity index (χ1v) is 9.22. The highest BCUT2D eigenvalue weighted by atomic mass is 32.2. The highest BCUT2D eigenvalue weighted by molar-refractivity contribution is 8.26. The Kier molecular flexibility index (Phi) is 5.35. The van der Waals surface area contributed by atoms with E-state index < -0.39 is 0 Å². The fourth-order valence-corrected chi connectivity index (χ4v) is 4.19. The van der Waals surface area contributed by atoms with Crippen molar-refractivity contribution in [1.29, 1.82) is 0 Å². The van der Waals surface area contributed by atoms with E-state index in [1.165, 1.54) is 23.9 Å². The number of rotatable bonds is 3. The molecule has 2 saturated heterocycles. The Hall–Kier alpha value is -1.37. The van der Waals surface area contributed by atoms with Gasteiger partial charge < -0.3 is 10.2 Å². The third-order valence-corrected chi connectivity index (χ3v) is 5.46. The van der Waals surface area contributed by atoms with Crippen molar-refractivity contribution in [3.63, 3.8) is 0 Å². The molecule has 0 saturated carbocycles. The van der Waals surface area contributed by atoms with Crippen molar-refractivity contribution in [2.45, 2.75) is 13.3 Å². The quantitative estimate of drug-likeness (QED) is 0.672. The van der Waals surface area contributed by atoms with Crippen LogP contribution in [0.2, 0.25) is 0 Å². The Morgan fingerprint density at radius 2 is 2.04 bits per heavy atom. The standard InChI is InChI=1S/C17H21N3OS2/c1-2-20-16(21)15(23-17(20)22)12-13-4-6-14(7-5-13)19-10-3-8-18-9-11-19/h4-7,12,18H,2-3,8-11H2,1H3/b15-12-. The fraction of sp³-hybridized carbons (Fsp3) is 0.412. The lowest BCUT2D eigenvalue weighted by molar-refractivity contribution is -0.121. The van der Waals surface area contributed by atoms with E-state index in [9.17, 15) is 4.79 Å². The minimum atomic E-state index is 0.0187. The molecule has 0 spiro atoms. The lowest BCUT2D eigenvalue weighted by Gasteiger charge is -2.22. The van der Waals surface area contributed by atoms with Crippen molar-refractivity contribution >= 4 is 46.0 Å². The second kappa shape index (κ2) is 7.47. The summed E-state index contributed by atoms with van der Waals surface area (Å²) in [4.78, 5) is 17.0. The van der Waals surface area contributed by atoms with Gasteiger partial charge in [0.05, 0.1) is 4.91 Å². The smallest absolute Gasteiger partial charge is 0.266 e. The Labute approximate surface area is 146 Å². The Morgan fingerprint density at radius 1 is 1.26 bits per heavy atom. The van der Waals surface area contributed by atoms with Gasteiger partial charge in [0.25, 0.3) is 5.91 Å². The predicted octanol–water partition coefficient (Wildman–Crippen LogP) is 2.71. The maximum Gasteiger partial charge on any atom is 0.266 e. The Bertz CT molecular complexity index is 619. The van der Waals surface area contributed by atoms with Crippen LogP contribution in [-0.2, 0) is 4.79 Å². The summed E-state index contributed by atoms with van der Waals surface area (Å²) in [6.45, 7) is 6.81. The molecule has 2 aliphatic rings. The van der Waals surface area contributed by atoms with Gasteiger partial charge in [0, 0.05) is 31.9 Å². The number of anilines is 1. The van der Waals surface area contributed by atoms with Crippen molar-refractivity contribution in [2.24, 2.45) is 0 Å². The summed E-state index contributed by atoms with van der Waals surface area (Å²) >= 11 is 6.63. The van der Waals surface area contributed by atoms with Gasteiger partial charge in [0.1, 0.15) is 4.32 Å². The van der Waals surface area contributed by atoms with Gasteiger partial charge >= 0.3 is 0 Å². The van der Waals surface area contributed by atoms with Gasteiger partial charge in [-0.3, -0.25) is 9.69 Å². The van der Waals surface area contributed by atoms with Crippen molar-refractivity contribution in [2.75, 3.05) is 37.6 Å². The van der Waals surface area contributed by atoms with E-state index in [0.29, 0.717) is 15.8 Å². The number of hydrogen-bond acceptors (Lipinski definition) is 5. The minimum Gasteiger partial charge on any atom is -0.370 e. The monoisotopic (exact) mass is 347 g/mol. The van der Waals surface area contributed by atoms with E-state index in [4.69, 9.17) is 12.2 Å². The SMILES string of the molecule is CCN1C(=O)/C(=C/c2ccc(N3CCCNCC3)cc2)SC1=S. The van der Waals surface area contributed by atoms with E-state index in [1.54, 1.807) is 4.90 Å². The van der Waals surface area contributed by atoms with Gasteiger partial charge in [-0.15, -0.1) is 0 Å². The maximum absolute atomic E-state index is 12.2. The molecule has 1 amide bonds. The number of nitrogens with zero attached hydrogens (tertiary/aromatic N) is 2. The summed E-state index contributed by atoms with van der Waals surface area (Å²) in [7, 11) is 0. The number of likely N-dealkylation sites (N-methyl/N-ethyl adjacent to an activating group) is 1. The first kappa shape index (κ1) is 16.5. The van der Waals surface area contributed by atoms with Gasteiger partial charge in [-0.2, -0.15) is 0 Å². The summed E-state index contributed by atoms with van der Waals surface area (Å²) in [6.07, 6.45) is 3.10. The summed E-state index contributed by atoms with van der Waals surface area (Å²) in [5.41, 5.74) is 2.28. The average molecular weight is 348 g/mol. The van der Waals surface area contributed by atoms with Crippen molar-refractivity contribution in [3.05, 3.63) is 34.7 Å². The number of carbonyl (C=O) groups excluding carboxylic acids is 1. The molecule has 1 N–H and O–H groups in total. The molecule has 0 aliphatic carbocycles. The molecule has 2 fully saturated rings. The second-order valence-electron chi connectivity index (χ2n) is 5.61. The maximum atomic E-state index is 12.2. The molecule has 122 valence electrons. The van der Waals surface area contributed by atoms with E-state index in [0.717, 1.165) is 31.7 Å². The first-order valence-electron chi connectivity index (χ1n) is 8.00. The van der Waals surface area contributed by atoms with Crippen LogP contribution >= 0.6 is 24.0 Å². The zero-order valence-electron chi connectivity index (χ0n) is 13.2. The topological polar surface area (TPSA) is 35.6 Å². The molecule has 2 aliphatic heterocycles. The molecule has 1 aromatic carbocycles. The normalized spacial score (nSPS) is 21.2. The van der Waals surface area contributed by atoms with Gasteiger partial charge in [0.2, 0.25) is 0 Å². The van der Waals surface area contributed by atoms with Crippen LogP contribution in [0.15, 0.2) is 29.2 Å². The molecule has 3 rings (SSSR count). The molecule has 0 bridgehead atoms.